The molecule has 3 N–H and O–H groups in total. The maximum atomic E-state index is 13.7. The van der Waals surface area contributed by atoms with Crippen LogP contribution in [0.5, 0.6) is 0 Å². The Kier molecular flexibility index (Phi) is 2.36. The fourth-order valence-electron chi connectivity index (χ4n) is 1.78. The number of alkyl halides is 1. The third kappa shape index (κ3) is 1.43. The first-order chi connectivity index (χ1) is 5.80. The molecule has 76 valence electrons. The number of carboxylic acids is 1. The van der Waals surface area contributed by atoms with Crippen molar-refractivity contribution in [3.63, 3.8) is 0 Å². The third-order valence-electron chi connectivity index (χ3n) is 3.09. The molecule has 0 aromatic rings. The molecule has 0 spiro atoms. The van der Waals surface area contributed by atoms with Gasteiger partial charge in [0, 0.05) is 0 Å². The van der Waals surface area contributed by atoms with E-state index in [9.17, 15) is 9.18 Å². The Balaban J connectivity index is 2.93. The molecular weight excluding hydrogens is 173 g/mol. The molecule has 0 saturated heterocycles. The smallest absolute Gasteiger partial charge is 0.327 e. The van der Waals surface area contributed by atoms with Crippen molar-refractivity contribution in [2.75, 3.05) is 0 Å². The predicted molar refractivity (Wildman–Crippen MR) is 47.1 cm³/mol. The van der Waals surface area contributed by atoms with Crippen molar-refractivity contribution < 1.29 is 14.3 Å². The first kappa shape index (κ1) is 10.4. The molecule has 0 aromatic carbocycles. The Hall–Kier alpha value is -0.640. The van der Waals surface area contributed by atoms with Crippen molar-refractivity contribution in [3.8, 4) is 0 Å². The van der Waals surface area contributed by atoms with Crippen LogP contribution in [0, 0.1) is 5.92 Å². The summed E-state index contributed by atoms with van der Waals surface area (Å²) in [6.45, 7) is 2.47. The molecule has 1 unspecified atom stereocenters. The van der Waals surface area contributed by atoms with Gasteiger partial charge in [-0.15, -0.1) is 0 Å². The Morgan fingerprint density at radius 2 is 2.00 bits per heavy atom. The van der Waals surface area contributed by atoms with E-state index in [1.165, 1.54) is 13.8 Å². The molecule has 13 heavy (non-hydrogen) atoms. The van der Waals surface area contributed by atoms with Gasteiger partial charge in [-0.2, -0.15) is 0 Å². The molecule has 1 aliphatic carbocycles. The van der Waals surface area contributed by atoms with E-state index in [1.54, 1.807) is 0 Å². The van der Waals surface area contributed by atoms with Gasteiger partial charge in [0.05, 0.1) is 0 Å². The Morgan fingerprint density at radius 1 is 1.54 bits per heavy atom. The summed E-state index contributed by atoms with van der Waals surface area (Å²) in [5, 5.41) is 8.94. The molecule has 3 nitrogen and oxygen atoms in total. The lowest BCUT2D eigenvalue weighted by Crippen LogP contribution is -2.66. The molecule has 0 aliphatic heterocycles. The van der Waals surface area contributed by atoms with E-state index >= 15 is 0 Å². The van der Waals surface area contributed by atoms with Gasteiger partial charge in [-0.25, -0.2) is 4.39 Å². The van der Waals surface area contributed by atoms with Crippen molar-refractivity contribution in [1.29, 1.82) is 0 Å². The van der Waals surface area contributed by atoms with Crippen LogP contribution < -0.4 is 5.73 Å². The fraction of sp³-hybridized carbons (Fsp3) is 0.889. The highest BCUT2D eigenvalue weighted by Gasteiger charge is 2.55. The number of rotatable bonds is 3. The number of nitrogens with two attached hydrogens (primary N) is 1. The van der Waals surface area contributed by atoms with E-state index in [0.29, 0.717) is 0 Å². The lowest BCUT2D eigenvalue weighted by Gasteiger charge is -2.44. The largest absolute Gasteiger partial charge is 0.480 e. The molecule has 0 heterocycles. The van der Waals surface area contributed by atoms with Crippen LogP contribution in [0.1, 0.15) is 33.1 Å². The summed E-state index contributed by atoms with van der Waals surface area (Å²) in [5.74, 6) is -1.45. The van der Waals surface area contributed by atoms with Crippen LogP contribution in [-0.4, -0.2) is 22.3 Å². The van der Waals surface area contributed by atoms with Gasteiger partial charge in [0.2, 0.25) is 0 Å². The Morgan fingerprint density at radius 3 is 2.08 bits per heavy atom. The first-order valence-electron chi connectivity index (χ1n) is 4.51. The highest BCUT2D eigenvalue weighted by molar-refractivity contribution is 5.81. The summed E-state index contributed by atoms with van der Waals surface area (Å²) in [4.78, 5) is 10.9. The van der Waals surface area contributed by atoms with Crippen molar-refractivity contribution in [2.45, 2.75) is 44.3 Å². The minimum atomic E-state index is -1.87. The summed E-state index contributed by atoms with van der Waals surface area (Å²) >= 11 is 0. The summed E-state index contributed by atoms with van der Waals surface area (Å²) in [5.41, 5.74) is 2.06. The number of hydrogen-bond donors (Lipinski definition) is 2. The zero-order valence-corrected chi connectivity index (χ0v) is 8.01. The van der Waals surface area contributed by atoms with Gasteiger partial charge in [0.25, 0.3) is 0 Å². The third-order valence-corrected chi connectivity index (χ3v) is 3.09. The van der Waals surface area contributed by atoms with Crippen LogP contribution in [-0.2, 0) is 4.79 Å². The minimum Gasteiger partial charge on any atom is -0.480 e. The van der Waals surface area contributed by atoms with Crippen LogP contribution in [0.4, 0.5) is 4.39 Å². The van der Waals surface area contributed by atoms with Crippen LogP contribution in [0.3, 0.4) is 0 Å². The highest BCUT2D eigenvalue weighted by Crippen LogP contribution is 2.42. The molecule has 1 rings (SSSR count). The van der Waals surface area contributed by atoms with Gasteiger partial charge in [-0.05, 0) is 32.6 Å². The van der Waals surface area contributed by atoms with Gasteiger partial charge < -0.3 is 10.8 Å². The van der Waals surface area contributed by atoms with Crippen molar-refractivity contribution >= 4 is 5.97 Å². The molecule has 0 amide bonds. The molecule has 1 saturated carbocycles. The van der Waals surface area contributed by atoms with Crippen molar-refractivity contribution in [3.05, 3.63) is 0 Å². The monoisotopic (exact) mass is 189 g/mol. The fourth-order valence-corrected chi connectivity index (χ4v) is 1.78. The quantitative estimate of drug-likeness (QED) is 0.703. The Bertz CT molecular complexity index is 220. The lowest BCUT2D eigenvalue weighted by molar-refractivity contribution is -0.155. The molecule has 0 aromatic heterocycles. The van der Waals surface area contributed by atoms with Crippen LogP contribution in [0.2, 0.25) is 0 Å². The topological polar surface area (TPSA) is 63.3 Å². The zero-order chi connectivity index (χ0) is 10.3. The van der Waals surface area contributed by atoms with Gasteiger partial charge in [-0.3, -0.25) is 4.79 Å². The molecule has 0 bridgehead atoms. The van der Waals surface area contributed by atoms with E-state index < -0.39 is 17.2 Å². The number of carboxylic acid groups (broad SMARTS) is 1. The average Bonchev–Trinajstić information content (AvgIpc) is 1.79. The second-order valence-corrected chi connectivity index (χ2v) is 4.27. The summed E-state index contributed by atoms with van der Waals surface area (Å²) < 4.78 is 13.7. The SMILES string of the molecule is CC(C)(F)C(N)(C(=O)O)C1CCC1. The first-order valence-corrected chi connectivity index (χ1v) is 4.51. The maximum absolute atomic E-state index is 13.7. The van der Waals surface area contributed by atoms with Crippen LogP contribution in [0.15, 0.2) is 0 Å². The number of aliphatic carboxylic acids is 1. The predicted octanol–water partition coefficient (Wildman–Crippen LogP) is 1.32. The summed E-state index contributed by atoms with van der Waals surface area (Å²) in [6, 6.07) is 0. The van der Waals surface area contributed by atoms with Crippen LogP contribution >= 0.6 is 0 Å². The van der Waals surface area contributed by atoms with Gasteiger partial charge >= 0.3 is 5.97 Å². The van der Waals surface area contributed by atoms with Gasteiger partial charge in [0.15, 0.2) is 5.54 Å². The van der Waals surface area contributed by atoms with E-state index in [2.05, 4.69) is 0 Å². The van der Waals surface area contributed by atoms with E-state index in [1.807, 2.05) is 0 Å². The van der Waals surface area contributed by atoms with E-state index in [0.717, 1.165) is 19.3 Å². The maximum Gasteiger partial charge on any atom is 0.327 e. The Labute approximate surface area is 77.1 Å². The number of halogens is 1. The standard InChI is InChI=1S/C9H16FNO2/c1-8(2,10)9(11,7(12)13)6-4-3-5-6/h6H,3-5,11H2,1-2H3,(H,12,13). The summed E-state index contributed by atoms with van der Waals surface area (Å²) in [6.07, 6.45) is 2.39. The second kappa shape index (κ2) is 2.94. The van der Waals surface area contributed by atoms with Gasteiger partial charge in [-0.1, -0.05) is 6.42 Å². The van der Waals surface area contributed by atoms with Crippen molar-refractivity contribution in [2.24, 2.45) is 11.7 Å². The van der Waals surface area contributed by atoms with Gasteiger partial charge in [0.1, 0.15) is 5.67 Å². The van der Waals surface area contributed by atoms with Crippen LogP contribution in [0.25, 0.3) is 0 Å². The molecular formula is C9H16FNO2. The second-order valence-electron chi connectivity index (χ2n) is 4.27. The number of hydrogen-bond acceptors (Lipinski definition) is 2. The molecule has 1 aliphatic rings. The highest BCUT2D eigenvalue weighted by atomic mass is 19.1. The van der Waals surface area contributed by atoms with Crippen molar-refractivity contribution in [1.82, 2.24) is 0 Å². The van der Waals surface area contributed by atoms with E-state index in [-0.39, 0.29) is 5.92 Å². The average molecular weight is 189 g/mol. The molecule has 4 heteroatoms. The molecule has 0 radical (unpaired) electrons. The zero-order valence-electron chi connectivity index (χ0n) is 8.01. The molecule has 1 atom stereocenters. The normalized spacial score (nSPS) is 23.4. The summed E-state index contributed by atoms with van der Waals surface area (Å²) in [7, 11) is 0. The minimum absolute atomic E-state index is 0.218. The molecule has 1 fully saturated rings. The lowest BCUT2D eigenvalue weighted by atomic mass is 9.65. The van der Waals surface area contributed by atoms with E-state index in [4.69, 9.17) is 10.8 Å². The number of carbonyl (C=O) groups is 1.